The number of carbonyl (C=O) groups is 2. The van der Waals surface area contributed by atoms with Crippen molar-refractivity contribution in [2.45, 2.75) is 13.8 Å². The van der Waals surface area contributed by atoms with E-state index in [2.05, 4.69) is 21.2 Å². The second kappa shape index (κ2) is 7.62. The number of aryl methyl sites for hydroxylation is 1. The van der Waals surface area contributed by atoms with Gasteiger partial charge in [-0.25, -0.2) is 0 Å². The number of nitrogens with one attached hydrogen (secondary N) is 1. The highest BCUT2D eigenvalue weighted by Gasteiger charge is 2.16. The van der Waals surface area contributed by atoms with Crippen molar-refractivity contribution >= 4 is 50.7 Å². The van der Waals surface area contributed by atoms with Crippen molar-refractivity contribution in [2.75, 3.05) is 16.8 Å². The Bertz CT molecular complexity index is 749. The summed E-state index contributed by atoms with van der Waals surface area (Å²) >= 11 is 9.31. The second-order valence-corrected chi connectivity index (χ2v) is 6.44. The summed E-state index contributed by atoms with van der Waals surface area (Å²) in [6, 6.07) is 12.5. The normalized spacial score (nSPS) is 10.3. The van der Waals surface area contributed by atoms with Gasteiger partial charge in [0.05, 0.1) is 0 Å². The van der Waals surface area contributed by atoms with Crippen LogP contribution in [0.25, 0.3) is 0 Å². The van der Waals surface area contributed by atoms with Gasteiger partial charge in [0, 0.05) is 27.8 Å². The molecule has 0 atom stereocenters. The number of hydrogen-bond donors (Lipinski definition) is 1. The molecule has 6 heteroatoms. The lowest BCUT2D eigenvalue weighted by molar-refractivity contribution is -0.120. The third-order valence-corrected chi connectivity index (χ3v) is 4.00. The minimum absolute atomic E-state index is 0.0717. The van der Waals surface area contributed by atoms with E-state index < -0.39 is 0 Å². The lowest BCUT2D eigenvalue weighted by Crippen LogP contribution is -2.36. The fourth-order valence-electron chi connectivity index (χ4n) is 2.09. The summed E-state index contributed by atoms with van der Waals surface area (Å²) in [6.45, 7) is 3.24. The van der Waals surface area contributed by atoms with Crippen LogP contribution in [-0.4, -0.2) is 18.4 Å². The first-order valence-corrected chi connectivity index (χ1v) is 8.13. The minimum Gasteiger partial charge on any atom is -0.324 e. The van der Waals surface area contributed by atoms with Gasteiger partial charge in [-0.05, 0) is 42.8 Å². The molecule has 120 valence electrons. The van der Waals surface area contributed by atoms with Crippen molar-refractivity contribution in [1.29, 1.82) is 0 Å². The highest BCUT2D eigenvalue weighted by molar-refractivity contribution is 9.10. The Hall–Kier alpha value is -1.85. The van der Waals surface area contributed by atoms with E-state index in [-0.39, 0.29) is 18.4 Å². The van der Waals surface area contributed by atoms with E-state index in [9.17, 15) is 9.59 Å². The predicted octanol–water partition coefficient (Wildman–Crippen LogP) is 4.40. The molecule has 23 heavy (non-hydrogen) atoms. The molecule has 0 radical (unpaired) electrons. The van der Waals surface area contributed by atoms with Crippen molar-refractivity contribution in [2.24, 2.45) is 0 Å². The third kappa shape index (κ3) is 4.81. The van der Waals surface area contributed by atoms with Gasteiger partial charge in [0.1, 0.15) is 6.54 Å². The number of benzene rings is 2. The van der Waals surface area contributed by atoms with Gasteiger partial charge in [-0.3, -0.25) is 9.59 Å². The molecular weight excluding hydrogens is 380 g/mol. The molecule has 0 fully saturated rings. The van der Waals surface area contributed by atoms with Crippen LogP contribution in [-0.2, 0) is 9.59 Å². The lowest BCUT2D eigenvalue weighted by Gasteiger charge is -2.21. The first kappa shape index (κ1) is 17.5. The van der Waals surface area contributed by atoms with E-state index in [1.807, 2.05) is 25.1 Å². The number of carbonyl (C=O) groups excluding carboxylic acids is 2. The van der Waals surface area contributed by atoms with Crippen LogP contribution in [0.1, 0.15) is 12.5 Å². The fourth-order valence-corrected chi connectivity index (χ4v) is 2.65. The summed E-state index contributed by atoms with van der Waals surface area (Å²) < 4.78 is 0.840. The van der Waals surface area contributed by atoms with Gasteiger partial charge >= 0.3 is 0 Å². The van der Waals surface area contributed by atoms with Crippen molar-refractivity contribution in [1.82, 2.24) is 0 Å². The van der Waals surface area contributed by atoms with Crippen molar-refractivity contribution < 1.29 is 9.59 Å². The summed E-state index contributed by atoms with van der Waals surface area (Å²) in [7, 11) is 0. The predicted molar refractivity (Wildman–Crippen MR) is 97.0 cm³/mol. The number of hydrogen-bond acceptors (Lipinski definition) is 2. The minimum atomic E-state index is -0.287. The number of nitrogens with zero attached hydrogens (tertiary/aromatic N) is 1. The molecule has 0 aliphatic heterocycles. The Balaban J connectivity index is 2.15. The Labute approximate surface area is 148 Å². The number of halogens is 2. The molecule has 0 bridgehead atoms. The zero-order chi connectivity index (χ0) is 17.0. The molecule has 0 aliphatic rings. The van der Waals surface area contributed by atoms with Crippen LogP contribution < -0.4 is 10.2 Å². The lowest BCUT2D eigenvalue weighted by atomic mass is 10.2. The summed E-state index contributed by atoms with van der Waals surface area (Å²) in [5.41, 5.74) is 2.20. The second-order valence-electron chi connectivity index (χ2n) is 5.09. The van der Waals surface area contributed by atoms with Gasteiger partial charge in [0.2, 0.25) is 11.8 Å². The molecule has 2 aromatic carbocycles. The smallest absolute Gasteiger partial charge is 0.244 e. The van der Waals surface area contributed by atoms with E-state index in [4.69, 9.17) is 11.6 Å². The maximum Gasteiger partial charge on any atom is 0.244 e. The molecule has 2 aromatic rings. The van der Waals surface area contributed by atoms with E-state index in [1.165, 1.54) is 11.8 Å². The van der Waals surface area contributed by atoms with Gasteiger partial charge in [0.15, 0.2) is 0 Å². The van der Waals surface area contributed by atoms with Crippen LogP contribution >= 0.6 is 27.5 Å². The van der Waals surface area contributed by atoms with Crippen molar-refractivity contribution in [3.63, 3.8) is 0 Å². The largest absolute Gasteiger partial charge is 0.324 e. The van der Waals surface area contributed by atoms with Crippen LogP contribution in [0, 0.1) is 6.92 Å². The zero-order valence-corrected chi connectivity index (χ0v) is 15.1. The Morgan fingerprint density at radius 2 is 1.96 bits per heavy atom. The average molecular weight is 396 g/mol. The Morgan fingerprint density at radius 3 is 2.61 bits per heavy atom. The third-order valence-electron chi connectivity index (χ3n) is 3.28. The van der Waals surface area contributed by atoms with Gasteiger partial charge in [-0.15, -0.1) is 0 Å². The van der Waals surface area contributed by atoms with Crippen molar-refractivity contribution in [3.8, 4) is 0 Å². The number of anilines is 2. The molecule has 0 saturated heterocycles. The molecule has 0 heterocycles. The summed E-state index contributed by atoms with van der Waals surface area (Å²) in [5.74, 6) is -0.494. The maximum absolute atomic E-state index is 12.3. The SMILES string of the molecule is CC(=O)N(CC(=O)Nc1cc(Cl)ccc1C)c1cccc(Br)c1. The van der Waals surface area contributed by atoms with Crippen LogP contribution in [0.5, 0.6) is 0 Å². The molecule has 4 nitrogen and oxygen atoms in total. The van der Waals surface area contributed by atoms with Crippen LogP contribution in [0.3, 0.4) is 0 Å². The summed E-state index contributed by atoms with van der Waals surface area (Å²) in [6.07, 6.45) is 0. The van der Waals surface area contributed by atoms with E-state index in [0.29, 0.717) is 16.4 Å². The molecule has 2 rings (SSSR count). The molecule has 0 saturated carbocycles. The molecule has 0 aliphatic carbocycles. The highest BCUT2D eigenvalue weighted by Crippen LogP contribution is 2.22. The Kier molecular flexibility index (Phi) is 5.80. The standard InChI is InChI=1S/C17H16BrClN2O2/c1-11-6-7-14(19)9-16(11)20-17(23)10-21(12(2)22)15-5-3-4-13(18)8-15/h3-9H,10H2,1-2H3,(H,20,23). The molecule has 1 N–H and O–H groups in total. The first-order valence-electron chi connectivity index (χ1n) is 6.96. The monoisotopic (exact) mass is 394 g/mol. The van der Waals surface area contributed by atoms with Gasteiger partial charge < -0.3 is 10.2 Å². The number of amides is 2. The molecular formula is C17H16BrClN2O2. The van der Waals surface area contributed by atoms with Crippen molar-refractivity contribution in [3.05, 3.63) is 57.5 Å². The molecule has 0 aromatic heterocycles. The zero-order valence-electron chi connectivity index (χ0n) is 12.8. The molecule has 0 spiro atoms. The summed E-state index contributed by atoms with van der Waals surface area (Å²) in [5, 5.41) is 3.33. The van der Waals surface area contributed by atoms with E-state index in [1.54, 1.807) is 24.3 Å². The summed E-state index contributed by atoms with van der Waals surface area (Å²) in [4.78, 5) is 25.6. The first-order chi connectivity index (χ1) is 10.9. The fraction of sp³-hybridized carbons (Fsp3) is 0.176. The van der Waals surface area contributed by atoms with Crippen LogP contribution in [0.4, 0.5) is 11.4 Å². The Morgan fingerprint density at radius 1 is 1.22 bits per heavy atom. The average Bonchev–Trinajstić information content (AvgIpc) is 2.48. The van der Waals surface area contributed by atoms with E-state index >= 15 is 0 Å². The van der Waals surface area contributed by atoms with E-state index in [0.717, 1.165) is 10.0 Å². The quantitative estimate of drug-likeness (QED) is 0.834. The van der Waals surface area contributed by atoms with Crippen LogP contribution in [0.15, 0.2) is 46.9 Å². The van der Waals surface area contributed by atoms with Gasteiger partial charge in [0.25, 0.3) is 0 Å². The number of rotatable bonds is 4. The highest BCUT2D eigenvalue weighted by atomic mass is 79.9. The molecule has 0 unspecified atom stereocenters. The molecule has 2 amide bonds. The van der Waals surface area contributed by atoms with Crippen LogP contribution in [0.2, 0.25) is 5.02 Å². The van der Waals surface area contributed by atoms with Gasteiger partial charge in [-0.2, -0.15) is 0 Å². The van der Waals surface area contributed by atoms with Gasteiger partial charge in [-0.1, -0.05) is 39.7 Å². The maximum atomic E-state index is 12.3. The topological polar surface area (TPSA) is 49.4 Å².